The van der Waals surface area contributed by atoms with Crippen molar-refractivity contribution < 1.29 is 28.3 Å². The maximum atomic E-state index is 13.6. The summed E-state index contributed by atoms with van der Waals surface area (Å²) in [5, 5.41) is 4.97. The number of nitrogens with zero attached hydrogens (tertiary/aromatic N) is 1. The molecule has 0 saturated heterocycles. The molecule has 39 heavy (non-hydrogen) atoms. The molecular weight excluding hydrogens is 548 g/mol. The summed E-state index contributed by atoms with van der Waals surface area (Å²) in [6, 6.07) is 14.4. The fraction of sp³-hybridized carbons (Fsp3) is 0.143. The lowest BCUT2D eigenvalue weighted by Gasteiger charge is -2.16. The van der Waals surface area contributed by atoms with Gasteiger partial charge in [0.15, 0.2) is 0 Å². The Morgan fingerprint density at radius 3 is 2.31 bits per heavy atom. The van der Waals surface area contributed by atoms with Crippen molar-refractivity contribution in [3.8, 4) is 0 Å². The summed E-state index contributed by atoms with van der Waals surface area (Å²) in [4.78, 5) is 51.5. The summed E-state index contributed by atoms with van der Waals surface area (Å²) in [6.45, 7) is 3.96. The Morgan fingerprint density at radius 2 is 1.64 bits per heavy atom. The molecule has 3 amide bonds. The van der Waals surface area contributed by atoms with Crippen molar-refractivity contribution >= 4 is 64.0 Å². The summed E-state index contributed by atoms with van der Waals surface area (Å²) in [6.07, 6.45) is 0.711. The second-order valence-corrected chi connectivity index (χ2v) is 9.34. The average Bonchev–Trinajstić information content (AvgIpc) is 3.13. The van der Waals surface area contributed by atoms with Crippen molar-refractivity contribution in [3.63, 3.8) is 0 Å². The van der Waals surface area contributed by atoms with Crippen LogP contribution in [0.15, 0.2) is 71.4 Å². The fourth-order valence-electron chi connectivity index (χ4n) is 3.67. The molecule has 3 aromatic carbocycles. The lowest BCUT2D eigenvalue weighted by atomic mass is 10.1. The molecular formula is C28H22Cl2FN3O5. The van der Waals surface area contributed by atoms with Crippen LogP contribution in [0.1, 0.15) is 39.6 Å². The molecule has 1 aliphatic rings. The predicted molar refractivity (Wildman–Crippen MR) is 147 cm³/mol. The molecule has 2 N–H and O–H groups in total. The molecule has 0 radical (unpaired) electrons. The van der Waals surface area contributed by atoms with E-state index in [1.807, 2.05) is 6.92 Å². The van der Waals surface area contributed by atoms with Crippen LogP contribution in [0.2, 0.25) is 5.02 Å². The number of rotatable bonds is 8. The van der Waals surface area contributed by atoms with Gasteiger partial charge in [0.2, 0.25) is 0 Å². The van der Waals surface area contributed by atoms with E-state index in [1.54, 1.807) is 43.3 Å². The third-order valence-electron chi connectivity index (χ3n) is 5.76. The van der Waals surface area contributed by atoms with Crippen LogP contribution in [0.5, 0.6) is 0 Å². The number of aryl methyl sites for hydroxylation is 1. The summed E-state index contributed by atoms with van der Waals surface area (Å²) in [7, 11) is 0. The van der Waals surface area contributed by atoms with Gasteiger partial charge in [-0.05, 0) is 73.5 Å². The molecule has 0 saturated carbocycles. The van der Waals surface area contributed by atoms with E-state index in [4.69, 9.17) is 27.9 Å². The molecule has 11 heteroatoms. The third-order valence-corrected chi connectivity index (χ3v) is 6.40. The number of halogens is 3. The number of amides is 3. The van der Waals surface area contributed by atoms with Gasteiger partial charge in [-0.15, -0.1) is 0 Å². The highest BCUT2D eigenvalue weighted by molar-refractivity contribution is 6.53. The Labute approximate surface area is 233 Å². The van der Waals surface area contributed by atoms with Gasteiger partial charge in [0.1, 0.15) is 16.5 Å². The van der Waals surface area contributed by atoms with E-state index in [9.17, 15) is 23.6 Å². The summed E-state index contributed by atoms with van der Waals surface area (Å²) in [5.41, 5.74) is 1.96. The summed E-state index contributed by atoms with van der Waals surface area (Å²) in [5.74, 6) is -3.17. The smallest absolute Gasteiger partial charge is 0.338 e. The van der Waals surface area contributed by atoms with Gasteiger partial charge in [-0.25, -0.2) is 14.1 Å². The molecule has 200 valence electrons. The lowest BCUT2D eigenvalue weighted by molar-refractivity contribution is -0.120. The SMILES string of the molecule is CCCOC(=O)c1ccc(NC(=O)c2ccc(C)c(NC3=C(Cl)C(=O)N(c4ccc(F)c(Cl)c4)C3=O)c2)cc1. The Balaban J connectivity index is 1.50. The highest BCUT2D eigenvalue weighted by atomic mass is 35.5. The number of hydrogen-bond acceptors (Lipinski definition) is 6. The quantitative estimate of drug-likeness (QED) is 0.253. The lowest BCUT2D eigenvalue weighted by Crippen LogP contribution is -2.32. The molecule has 1 aliphatic heterocycles. The molecule has 0 fully saturated rings. The molecule has 0 unspecified atom stereocenters. The topological polar surface area (TPSA) is 105 Å². The van der Waals surface area contributed by atoms with Crippen molar-refractivity contribution in [1.82, 2.24) is 0 Å². The van der Waals surface area contributed by atoms with Crippen LogP contribution in [0.25, 0.3) is 0 Å². The number of esters is 1. The first-order chi connectivity index (χ1) is 18.6. The zero-order valence-electron chi connectivity index (χ0n) is 20.8. The minimum atomic E-state index is -0.805. The molecule has 8 nitrogen and oxygen atoms in total. The van der Waals surface area contributed by atoms with Crippen LogP contribution in [-0.2, 0) is 14.3 Å². The molecule has 3 aromatic rings. The molecule has 0 aromatic heterocycles. The average molecular weight is 570 g/mol. The highest BCUT2D eigenvalue weighted by Gasteiger charge is 2.39. The van der Waals surface area contributed by atoms with Gasteiger partial charge < -0.3 is 15.4 Å². The van der Waals surface area contributed by atoms with Gasteiger partial charge in [0.05, 0.1) is 22.9 Å². The first-order valence-corrected chi connectivity index (χ1v) is 12.6. The maximum Gasteiger partial charge on any atom is 0.338 e. The normalized spacial score (nSPS) is 13.1. The Hall–Kier alpha value is -4.21. The predicted octanol–water partition coefficient (Wildman–Crippen LogP) is 6.04. The van der Waals surface area contributed by atoms with Gasteiger partial charge in [0.25, 0.3) is 17.7 Å². The van der Waals surface area contributed by atoms with E-state index < -0.39 is 29.5 Å². The van der Waals surface area contributed by atoms with E-state index in [0.29, 0.717) is 35.5 Å². The Morgan fingerprint density at radius 1 is 0.949 bits per heavy atom. The van der Waals surface area contributed by atoms with E-state index in [2.05, 4.69) is 10.6 Å². The highest BCUT2D eigenvalue weighted by Crippen LogP contribution is 2.33. The van der Waals surface area contributed by atoms with Crippen molar-refractivity contribution in [1.29, 1.82) is 0 Å². The number of anilines is 3. The zero-order valence-corrected chi connectivity index (χ0v) is 22.3. The monoisotopic (exact) mass is 569 g/mol. The largest absolute Gasteiger partial charge is 0.462 e. The van der Waals surface area contributed by atoms with E-state index in [0.717, 1.165) is 17.0 Å². The summed E-state index contributed by atoms with van der Waals surface area (Å²) < 4.78 is 18.7. The number of carbonyl (C=O) groups is 4. The van der Waals surface area contributed by atoms with Crippen molar-refractivity contribution in [3.05, 3.63) is 98.9 Å². The molecule has 0 spiro atoms. The standard InChI is InChI=1S/C28H22Cl2FN3O5/c1-3-12-39-28(38)16-6-8-18(9-7-16)32-25(35)17-5-4-15(2)22(13-17)33-24-23(30)26(36)34(27(24)37)19-10-11-21(31)20(29)14-19/h4-11,13-14,33H,3,12H2,1-2H3,(H,32,35). The molecule has 0 atom stereocenters. The van der Waals surface area contributed by atoms with Crippen LogP contribution in [0.3, 0.4) is 0 Å². The van der Waals surface area contributed by atoms with Crippen molar-refractivity contribution in [2.24, 2.45) is 0 Å². The van der Waals surface area contributed by atoms with Crippen LogP contribution >= 0.6 is 23.2 Å². The van der Waals surface area contributed by atoms with Crippen LogP contribution < -0.4 is 15.5 Å². The fourth-order valence-corrected chi connectivity index (χ4v) is 4.06. The van der Waals surface area contributed by atoms with Crippen molar-refractivity contribution in [2.45, 2.75) is 20.3 Å². The van der Waals surface area contributed by atoms with Gasteiger partial charge >= 0.3 is 5.97 Å². The van der Waals surface area contributed by atoms with Gasteiger partial charge in [0, 0.05) is 16.9 Å². The van der Waals surface area contributed by atoms with Crippen LogP contribution in [0.4, 0.5) is 21.5 Å². The third kappa shape index (κ3) is 5.94. The van der Waals surface area contributed by atoms with Crippen molar-refractivity contribution in [2.75, 3.05) is 22.1 Å². The first kappa shape index (κ1) is 27.8. The molecule has 1 heterocycles. The number of carbonyl (C=O) groups excluding carboxylic acids is 4. The van der Waals surface area contributed by atoms with Gasteiger partial charge in [-0.1, -0.05) is 36.2 Å². The van der Waals surface area contributed by atoms with E-state index >= 15 is 0 Å². The number of nitrogens with one attached hydrogen (secondary N) is 2. The maximum absolute atomic E-state index is 13.6. The van der Waals surface area contributed by atoms with Crippen LogP contribution in [-0.4, -0.2) is 30.3 Å². The number of ether oxygens (including phenoxy) is 1. The molecule has 0 aliphatic carbocycles. The zero-order chi connectivity index (χ0) is 28.3. The van der Waals surface area contributed by atoms with Crippen LogP contribution in [0, 0.1) is 12.7 Å². The van der Waals surface area contributed by atoms with E-state index in [-0.39, 0.29) is 27.0 Å². The summed E-state index contributed by atoms with van der Waals surface area (Å²) >= 11 is 12.0. The molecule has 4 rings (SSSR count). The number of hydrogen-bond donors (Lipinski definition) is 2. The van der Waals surface area contributed by atoms with Gasteiger partial charge in [-0.2, -0.15) is 0 Å². The number of benzene rings is 3. The second kappa shape index (κ2) is 11.7. The minimum absolute atomic E-state index is 0.0563. The Bertz CT molecular complexity index is 1520. The van der Waals surface area contributed by atoms with E-state index in [1.165, 1.54) is 12.1 Å². The minimum Gasteiger partial charge on any atom is -0.462 e. The Kier molecular flexibility index (Phi) is 8.32. The second-order valence-electron chi connectivity index (χ2n) is 8.56. The number of imide groups is 1. The first-order valence-electron chi connectivity index (χ1n) is 11.8. The molecule has 0 bridgehead atoms. The van der Waals surface area contributed by atoms with Gasteiger partial charge in [-0.3, -0.25) is 14.4 Å².